The van der Waals surface area contributed by atoms with Crippen LogP contribution in [-0.4, -0.2) is 24.1 Å². The number of pyridine rings is 1. The van der Waals surface area contributed by atoms with Crippen LogP contribution in [0.1, 0.15) is 18.6 Å². The summed E-state index contributed by atoms with van der Waals surface area (Å²) in [6.45, 7) is 3.06. The number of halogens is 2. The monoisotopic (exact) mass is 366 g/mol. The zero-order valence-corrected chi connectivity index (χ0v) is 14.5. The minimum atomic E-state index is -0.307. The van der Waals surface area contributed by atoms with Crippen molar-refractivity contribution in [3.63, 3.8) is 0 Å². The average Bonchev–Trinajstić information content (AvgIpc) is 2.98. The van der Waals surface area contributed by atoms with E-state index in [2.05, 4.69) is 10.3 Å². The molecule has 0 saturated heterocycles. The molecule has 8 heteroatoms. The van der Waals surface area contributed by atoms with Crippen LogP contribution in [0.4, 0.5) is 5.69 Å². The van der Waals surface area contributed by atoms with E-state index in [9.17, 15) is 5.21 Å². The second kappa shape index (κ2) is 7.25. The van der Waals surface area contributed by atoms with E-state index < -0.39 is 0 Å². The van der Waals surface area contributed by atoms with Gasteiger partial charge in [-0.1, -0.05) is 29.3 Å². The molecule has 0 saturated carbocycles. The van der Waals surface area contributed by atoms with Gasteiger partial charge in [0.2, 0.25) is 5.96 Å². The van der Waals surface area contributed by atoms with E-state index in [1.165, 1.54) is 12.4 Å². The van der Waals surface area contributed by atoms with Gasteiger partial charge in [0.15, 0.2) is 12.4 Å². The number of hydrogen-bond acceptors (Lipinski definition) is 5. The third-order valence-electron chi connectivity index (χ3n) is 3.55. The van der Waals surface area contributed by atoms with Gasteiger partial charge in [-0.2, -0.15) is 4.73 Å². The Balaban J connectivity index is 1.72. The summed E-state index contributed by atoms with van der Waals surface area (Å²) >= 11 is 12.4. The standard InChI is InChI=1S/C16H16Cl2N4O2/c1-11(12-4-3-8-21(23)10-12)24-22-9-7-19-16(22)20-15-13(17)5-2-6-14(15)18/h2-6,8,10-11H,7,9H2,1H3,(H,19,20). The number of benzene rings is 1. The van der Waals surface area contributed by atoms with Crippen LogP contribution in [0.2, 0.25) is 10.0 Å². The van der Waals surface area contributed by atoms with Gasteiger partial charge in [-0.25, -0.2) is 10.1 Å². The van der Waals surface area contributed by atoms with Gasteiger partial charge in [0.1, 0.15) is 6.10 Å². The Labute approximate surface area is 149 Å². The number of guanidine groups is 1. The van der Waals surface area contributed by atoms with Crippen LogP contribution in [-0.2, 0) is 4.84 Å². The molecule has 1 aromatic heterocycles. The maximum atomic E-state index is 11.4. The van der Waals surface area contributed by atoms with Gasteiger partial charge in [0.05, 0.1) is 28.8 Å². The van der Waals surface area contributed by atoms with Crippen molar-refractivity contribution in [3.05, 3.63) is 63.5 Å². The molecule has 2 heterocycles. The minimum Gasteiger partial charge on any atom is -0.619 e. The van der Waals surface area contributed by atoms with Crippen molar-refractivity contribution in [2.75, 3.05) is 18.4 Å². The van der Waals surface area contributed by atoms with Crippen molar-refractivity contribution in [2.24, 2.45) is 4.99 Å². The van der Waals surface area contributed by atoms with Crippen molar-refractivity contribution >= 4 is 34.8 Å². The van der Waals surface area contributed by atoms with Crippen LogP contribution in [0.3, 0.4) is 0 Å². The number of anilines is 1. The molecule has 3 rings (SSSR count). The van der Waals surface area contributed by atoms with E-state index in [1.54, 1.807) is 29.3 Å². The number of para-hydroxylation sites is 1. The first-order valence-electron chi connectivity index (χ1n) is 7.43. The van der Waals surface area contributed by atoms with E-state index in [1.807, 2.05) is 13.0 Å². The molecule has 24 heavy (non-hydrogen) atoms. The summed E-state index contributed by atoms with van der Waals surface area (Å²) in [6.07, 6.45) is 2.61. The summed E-state index contributed by atoms with van der Waals surface area (Å²) in [5, 5.41) is 17.2. The van der Waals surface area contributed by atoms with Gasteiger partial charge < -0.3 is 10.5 Å². The van der Waals surface area contributed by atoms with Crippen molar-refractivity contribution < 1.29 is 9.57 Å². The molecule has 1 N–H and O–H groups in total. The summed E-state index contributed by atoms with van der Waals surface area (Å²) in [5.41, 5.74) is 1.36. The summed E-state index contributed by atoms with van der Waals surface area (Å²) in [6, 6.07) is 8.79. The Hall–Kier alpha value is -2.02. The SMILES string of the molecule is CC(ON1CCN=C1Nc1c(Cl)cccc1Cl)c1ccc[n+]([O-])c1. The molecule has 0 bridgehead atoms. The Kier molecular flexibility index (Phi) is 5.08. The molecule has 6 nitrogen and oxygen atoms in total. The topological polar surface area (TPSA) is 63.8 Å². The predicted molar refractivity (Wildman–Crippen MR) is 94.0 cm³/mol. The smallest absolute Gasteiger partial charge is 0.223 e. The van der Waals surface area contributed by atoms with E-state index in [-0.39, 0.29) is 6.10 Å². The molecule has 0 radical (unpaired) electrons. The van der Waals surface area contributed by atoms with Crippen LogP contribution in [0, 0.1) is 5.21 Å². The van der Waals surface area contributed by atoms with Crippen LogP contribution in [0.15, 0.2) is 47.7 Å². The summed E-state index contributed by atoms with van der Waals surface area (Å²) < 4.78 is 0.746. The van der Waals surface area contributed by atoms with E-state index in [0.29, 0.717) is 34.8 Å². The molecule has 1 atom stereocenters. The highest BCUT2D eigenvalue weighted by atomic mass is 35.5. The van der Waals surface area contributed by atoms with Gasteiger partial charge in [-0.15, -0.1) is 0 Å². The second-order valence-electron chi connectivity index (χ2n) is 5.27. The van der Waals surface area contributed by atoms with Gasteiger partial charge in [-0.05, 0) is 25.1 Å². The Morgan fingerprint density at radius 3 is 2.75 bits per heavy atom. The first kappa shape index (κ1) is 16.8. The van der Waals surface area contributed by atoms with Crippen LogP contribution in [0.25, 0.3) is 0 Å². The molecular formula is C16H16Cl2N4O2. The largest absolute Gasteiger partial charge is 0.619 e. The van der Waals surface area contributed by atoms with E-state index in [4.69, 9.17) is 28.0 Å². The predicted octanol–water partition coefficient (Wildman–Crippen LogP) is 3.40. The highest BCUT2D eigenvalue weighted by molar-refractivity contribution is 6.39. The number of hydroxylamine groups is 2. The molecule has 0 amide bonds. The number of nitrogens with zero attached hydrogens (tertiary/aromatic N) is 3. The highest BCUT2D eigenvalue weighted by Gasteiger charge is 2.23. The molecule has 1 aliphatic heterocycles. The molecule has 1 aromatic carbocycles. The Morgan fingerprint density at radius 2 is 2.04 bits per heavy atom. The van der Waals surface area contributed by atoms with Crippen LogP contribution in [0.5, 0.6) is 0 Å². The number of hydrogen-bond donors (Lipinski definition) is 1. The number of aromatic nitrogens is 1. The van der Waals surface area contributed by atoms with Gasteiger partial charge in [0.25, 0.3) is 0 Å². The van der Waals surface area contributed by atoms with Gasteiger partial charge >= 0.3 is 0 Å². The molecule has 0 aliphatic carbocycles. The maximum absolute atomic E-state index is 11.4. The van der Waals surface area contributed by atoms with E-state index >= 15 is 0 Å². The normalized spacial score (nSPS) is 15.3. The quantitative estimate of drug-likeness (QED) is 0.665. The first-order valence-corrected chi connectivity index (χ1v) is 8.18. The fourth-order valence-corrected chi connectivity index (χ4v) is 2.82. The lowest BCUT2D eigenvalue weighted by Crippen LogP contribution is -2.34. The van der Waals surface area contributed by atoms with E-state index in [0.717, 1.165) is 10.3 Å². The number of aliphatic imine (C=N–C) groups is 1. The molecule has 1 unspecified atom stereocenters. The molecule has 126 valence electrons. The molecule has 2 aromatic rings. The minimum absolute atomic E-state index is 0.307. The molecule has 1 aliphatic rings. The summed E-state index contributed by atoms with van der Waals surface area (Å²) in [7, 11) is 0. The highest BCUT2D eigenvalue weighted by Crippen LogP contribution is 2.30. The van der Waals surface area contributed by atoms with Crippen molar-refractivity contribution in [3.8, 4) is 0 Å². The lowest BCUT2D eigenvalue weighted by molar-refractivity contribution is -0.606. The van der Waals surface area contributed by atoms with Crippen molar-refractivity contribution in [2.45, 2.75) is 13.0 Å². The van der Waals surface area contributed by atoms with Crippen LogP contribution < -0.4 is 10.0 Å². The third kappa shape index (κ3) is 3.72. The molecule has 0 spiro atoms. The Bertz CT molecular complexity index is 749. The fraction of sp³-hybridized carbons (Fsp3) is 0.250. The first-order chi connectivity index (χ1) is 11.5. The Morgan fingerprint density at radius 1 is 1.29 bits per heavy atom. The maximum Gasteiger partial charge on any atom is 0.223 e. The second-order valence-corrected chi connectivity index (χ2v) is 6.09. The number of rotatable bonds is 4. The average molecular weight is 367 g/mol. The zero-order chi connectivity index (χ0) is 17.1. The summed E-state index contributed by atoms with van der Waals surface area (Å²) in [5.74, 6) is 0.530. The molecule has 0 fully saturated rings. The third-order valence-corrected chi connectivity index (χ3v) is 4.18. The fourth-order valence-electron chi connectivity index (χ4n) is 2.33. The summed E-state index contributed by atoms with van der Waals surface area (Å²) in [4.78, 5) is 10.3. The zero-order valence-electron chi connectivity index (χ0n) is 12.9. The van der Waals surface area contributed by atoms with Gasteiger partial charge in [0, 0.05) is 11.6 Å². The molecular weight excluding hydrogens is 351 g/mol. The van der Waals surface area contributed by atoms with Crippen LogP contribution >= 0.6 is 23.2 Å². The lowest BCUT2D eigenvalue weighted by Gasteiger charge is -2.24. The lowest BCUT2D eigenvalue weighted by atomic mass is 10.2. The van der Waals surface area contributed by atoms with Gasteiger partial charge in [-0.3, -0.25) is 4.84 Å². The number of nitrogens with one attached hydrogen (secondary N) is 1. The van der Waals surface area contributed by atoms with Crippen molar-refractivity contribution in [1.82, 2.24) is 5.06 Å². The van der Waals surface area contributed by atoms with Crippen molar-refractivity contribution in [1.29, 1.82) is 0 Å².